The summed E-state index contributed by atoms with van der Waals surface area (Å²) in [7, 11) is 0. The van der Waals surface area contributed by atoms with E-state index in [0.717, 1.165) is 24.5 Å². The summed E-state index contributed by atoms with van der Waals surface area (Å²) in [5, 5.41) is 4.18. The lowest BCUT2D eigenvalue weighted by atomic mass is 10.2. The Kier molecular flexibility index (Phi) is 5.58. The second-order valence-electron chi connectivity index (χ2n) is 4.64. The monoisotopic (exact) mass is 291 g/mol. The number of aromatic nitrogens is 3. The predicted octanol–water partition coefficient (Wildman–Crippen LogP) is 1.77. The molecule has 0 aliphatic carbocycles. The Morgan fingerprint density at radius 1 is 1.40 bits per heavy atom. The highest BCUT2D eigenvalue weighted by molar-refractivity contribution is 7.99. The van der Waals surface area contributed by atoms with Gasteiger partial charge in [-0.3, -0.25) is 16.0 Å². The van der Waals surface area contributed by atoms with Crippen LogP contribution in [-0.4, -0.2) is 26.6 Å². The van der Waals surface area contributed by atoms with Crippen molar-refractivity contribution in [3.05, 3.63) is 42.0 Å². The molecule has 0 fully saturated rings. The van der Waals surface area contributed by atoms with E-state index in [2.05, 4.69) is 53.6 Å². The molecule has 0 aliphatic rings. The highest BCUT2D eigenvalue weighted by Crippen LogP contribution is 2.22. The van der Waals surface area contributed by atoms with Crippen LogP contribution in [0.15, 0.2) is 35.5 Å². The van der Waals surface area contributed by atoms with Gasteiger partial charge in [0.05, 0.1) is 0 Å². The maximum Gasteiger partial charge on any atom is 0.138 e. The largest absolute Gasteiger partial charge is 0.271 e. The molecule has 1 unspecified atom stereocenters. The lowest BCUT2D eigenvalue weighted by molar-refractivity contribution is 0.527. The van der Waals surface area contributed by atoms with E-state index in [4.69, 9.17) is 5.84 Å². The molecule has 0 aliphatic heterocycles. The van der Waals surface area contributed by atoms with Crippen LogP contribution in [0.1, 0.15) is 18.3 Å². The van der Waals surface area contributed by atoms with Gasteiger partial charge in [0, 0.05) is 29.7 Å². The highest BCUT2D eigenvalue weighted by Gasteiger charge is 2.13. The summed E-state index contributed by atoms with van der Waals surface area (Å²) in [6.07, 6.45) is 2.38. The zero-order chi connectivity index (χ0) is 14.4. The van der Waals surface area contributed by atoms with Crippen LogP contribution in [0.5, 0.6) is 0 Å². The minimum absolute atomic E-state index is 0.175. The first-order chi connectivity index (χ1) is 9.74. The number of hydrogen-bond donors (Lipinski definition) is 2. The SMILES string of the molecule is CCn1ncnc1CC(CSc1ccccc1C)NN. The molecular weight excluding hydrogens is 270 g/mol. The Bertz CT molecular complexity index is 540. The molecule has 108 valence electrons. The van der Waals surface area contributed by atoms with Gasteiger partial charge in [-0.25, -0.2) is 4.98 Å². The summed E-state index contributed by atoms with van der Waals surface area (Å²) in [6, 6.07) is 8.56. The summed E-state index contributed by atoms with van der Waals surface area (Å²) in [5.41, 5.74) is 4.18. The van der Waals surface area contributed by atoms with Crippen LogP contribution >= 0.6 is 11.8 Å². The van der Waals surface area contributed by atoms with Crippen molar-refractivity contribution in [1.29, 1.82) is 0 Å². The van der Waals surface area contributed by atoms with Gasteiger partial charge in [-0.2, -0.15) is 5.10 Å². The molecule has 0 radical (unpaired) electrons. The van der Waals surface area contributed by atoms with E-state index in [9.17, 15) is 0 Å². The van der Waals surface area contributed by atoms with Crippen LogP contribution < -0.4 is 11.3 Å². The van der Waals surface area contributed by atoms with Crippen LogP contribution in [0.4, 0.5) is 0 Å². The Balaban J connectivity index is 1.94. The van der Waals surface area contributed by atoms with E-state index in [1.165, 1.54) is 10.5 Å². The molecule has 1 aromatic carbocycles. The third kappa shape index (κ3) is 3.82. The second-order valence-corrected chi connectivity index (χ2v) is 5.70. The topological polar surface area (TPSA) is 68.8 Å². The summed E-state index contributed by atoms with van der Waals surface area (Å²) < 4.78 is 1.91. The van der Waals surface area contributed by atoms with Gasteiger partial charge in [0.25, 0.3) is 0 Å². The lowest BCUT2D eigenvalue weighted by Gasteiger charge is -2.16. The van der Waals surface area contributed by atoms with Crippen molar-refractivity contribution in [1.82, 2.24) is 20.2 Å². The predicted molar refractivity (Wildman–Crippen MR) is 82.4 cm³/mol. The number of rotatable bonds is 7. The van der Waals surface area contributed by atoms with Crippen molar-refractivity contribution in [3.8, 4) is 0 Å². The van der Waals surface area contributed by atoms with Crippen molar-refractivity contribution < 1.29 is 0 Å². The van der Waals surface area contributed by atoms with Crippen molar-refractivity contribution in [3.63, 3.8) is 0 Å². The molecule has 0 bridgehead atoms. The summed E-state index contributed by atoms with van der Waals surface area (Å²) >= 11 is 1.82. The summed E-state index contributed by atoms with van der Waals surface area (Å²) in [5.74, 6) is 7.54. The fourth-order valence-electron chi connectivity index (χ4n) is 2.01. The first-order valence-corrected chi connectivity index (χ1v) is 7.74. The quantitative estimate of drug-likeness (QED) is 0.462. The standard InChI is InChI=1S/C14H21N5S/c1-3-19-14(16-10-17-19)8-12(18-15)9-20-13-7-5-4-6-11(13)2/h4-7,10,12,18H,3,8-9,15H2,1-2H3. The first kappa shape index (κ1) is 15.0. The maximum absolute atomic E-state index is 5.66. The molecule has 0 spiro atoms. The molecule has 2 aromatic rings. The van der Waals surface area contributed by atoms with Crippen LogP contribution in [0.25, 0.3) is 0 Å². The molecule has 0 saturated heterocycles. The summed E-state index contributed by atoms with van der Waals surface area (Å²) in [4.78, 5) is 5.59. The van der Waals surface area contributed by atoms with E-state index >= 15 is 0 Å². The zero-order valence-electron chi connectivity index (χ0n) is 11.9. The van der Waals surface area contributed by atoms with Gasteiger partial charge in [-0.05, 0) is 25.5 Å². The second kappa shape index (κ2) is 7.42. The highest BCUT2D eigenvalue weighted by atomic mass is 32.2. The van der Waals surface area contributed by atoms with Gasteiger partial charge in [0.15, 0.2) is 0 Å². The molecular formula is C14H21N5S. The average Bonchev–Trinajstić information content (AvgIpc) is 2.92. The number of hydrogen-bond acceptors (Lipinski definition) is 5. The molecule has 1 aromatic heterocycles. The summed E-state index contributed by atoms with van der Waals surface area (Å²) in [6.45, 7) is 5.02. The minimum atomic E-state index is 0.175. The van der Waals surface area contributed by atoms with Crippen LogP contribution in [0.2, 0.25) is 0 Å². The number of nitrogens with zero attached hydrogens (tertiary/aromatic N) is 3. The number of nitrogens with two attached hydrogens (primary N) is 1. The van der Waals surface area contributed by atoms with Gasteiger partial charge < -0.3 is 0 Å². The molecule has 6 heteroatoms. The molecule has 2 rings (SSSR count). The minimum Gasteiger partial charge on any atom is -0.271 e. The van der Waals surface area contributed by atoms with E-state index < -0.39 is 0 Å². The van der Waals surface area contributed by atoms with Crippen molar-refractivity contribution in [2.45, 2.75) is 37.8 Å². The van der Waals surface area contributed by atoms with E-state index in [1.54, 1.807) is 6.33 Å². The Labute approximate surface area is 123 Å². The number of aryl methyl sites for hydroxylation is 2. The number of benzene rings is 1. The maximum atomic E-state index is 5.66. The molecule has 3 N–H and O–H groups in total. The first-order valence-electron chi connectivity index (χ1n) is 6.75. The van der Waals surface area contributed by atoms with Gasteiger partial charge in [0.1, 0.15) is 12.2 Å². The molecule has 0 saturated carbocycles. The van der Waals surface area contributed by atoms with Crippen molar-refractivity contribution in [2.24, 2.45) is 5.84 Å². The van der Waals surface area contributed by atoms with Gasteiger partial charge in [-0.15, -0.1) is 11.8 Å². The number of thioether (sulfide) groups is 1. The smallest absolute Gasteiger partial charge is 0.138 e. The van der Waals surface area contributed by atoms with E-state index in [-0.39, 0.29) is 6.04 Å². The fourth-order valence-corrected chi connectivity index (χ4v) is 3.07. The number of hydrazine groups is 1. The zero-order valence-corrected chi connectivity index (χ0v) is 12.7. The Hall–Kier alpha value is -1.37. The van der Waals surface area contributed by atoms with Gasteiger partial charge >= 0.3 is 0 Å². The van der Waals surface area contributed by atoms with E-state index in [1.807, 2.05) is 16.4 Å². The molecule has 20 heavy (non-hydrogen) atoms. The van der Waals surface area contributed by atoms with Gasteiger partial charge in [-0.1, -0.05) is 18.2 Å². The van der Waals surface area contributed by atoms with Crippen LogP contribution in [-0.2, 0) is 13.0 Å². The molecule has 5 nitrogen and oxygen atoms in total. The normalized spacial score (nSPS) is 12.6. The molecule has 1 heterocycles. The number of nitrogens with one attached hydrogen (secondary N) is 1. The molecule has 0 amide bonds. The molecule has 1 atom stereocenters. The third-order valence-corrected chi connectivity index (χ3v) is 4.53. The Morgan fingerprint density at radius 2 is 2.20 bits per heavy atom. The van der Waals surface area contributed by atoms with Crippen LogP contribution in [0.3, 0.4) is 0 Å². The van der Waals surface area contributed by atoms with Crippen molar-refractivity contribution in [2.75, 3.05) is 5.75 Å². The fraction of sp³-hybridized carbons (Fsp3) is 0.429. The van der Waals surface area contributed by atoms with Crippen LogP contribution in [0, 0.1) is 6.92 Å². The van der Waals surface area contributed by atoms with E-state index in [0.29, 0.717) is 0 Å². The third-order valence-electron chi connectivity index (χ3n) is 3.19. The lowest BCUT2D eigenvalue weighted by Crippen LogP contribution is -2.39. The Morgan fingerprint density at radius 3 is 2.90 bits per heavy atom. The average molecular weight is 291 g/mol. The van der Waals surface area contributed by atoms with Gasteiger partial charge in [0.2, 0.25) is 0 Å². The van der Waals surface area contributed by atoms with Crippen molar-refractivity contribution >= 4 is 11.8 Å².